The molecule has 2 nitrogen and oxygen atoms in total. The average Bonchev–Trinajstić information content (AvgIpc) is 3.31. The van der Waals surface area contributed by atoms with Crippen molar-refractivity contribution in [3.05, 3.63) is 75.6 Å². The Morgan fingerprint density at radius 3 is 2.80 bits per heavy atom. The number of likely N-dealkylation sites (tertiary alicyclic amines) is 1. The van der Waals surface area contributed by atoms with Gasteiger partial charge in [-0.15, -0.1) is 11.3 Å². The number of thiazole rings is 1. The normalized spacial score (nSPS) is 19.1. The van der Waals surface area contributed by atoms with Gasteiger partial charge in [-0.25, -0.2) is 4.98 Å². The van der Waals surface area contributed by atoms with Gasteiger partial charge in [0.2, 0.25) is 0 Å². The molecule has 2 aromatic carbocycles. The van der Waals surface area contributed by atoms with Gasteiger partial charge >= 0.3 is 0 Å². The molecule has 3 aromatic rings. The molecule has 2 aliphatic rings. The second-order valence-corrected chi connectivity index (χ2v) is 8.46. The number of fused-ring (bicyclic) bond motifs is 3. The Balaban J connectivity index is 1.24. The molecular formula is C22H22N2S. The molecule has 0 spiro atoms. The molecule has 0 saturated carbocycles. The van der Waals surface area contributed by atoms with E-state index < -0.39 is 0 Å². The smallest absolute Gasteiger partial charge is 0.0938 e. The molecular weight excluding hydrogens is 324 g/mol. The Morgan fingerprint density at radius 2 is 1.88 bits per heavy atom. The van der Waals surface area contributed by atoms with E-state index >= 15 is 0 Å². The zero-order valence-corrected chi connectivity index (χ0v) is 15.1. The Kier molecular flexibility index (Phi) is 3.91. The highest BCUT2D eigenvalue weighted by molar-refractivity contribution is 7.12. The molecule has 126 valence electrons. The summed E-state index contributed by atoms with van der Waals surface area (Å²) in [6.45, 7) is 3.50. The number of nitrogens with zero attached hydrogens (tertiary/aromatic N) is 2. The van der Waals surface area contributed by atoms with Gasteiger partial charge in [0, 0.05) is 36.4 Å². The summed E-state index contributed by atoms with van der Waals surface area (Å²) in [5.41, 5.74) is 5.48. The fraction of sp³-hybridized carbons (Fsp3) is 0.318. The van der Waals surface area contributed by atoms with Gasteiger partial charge in [-0.2, -0.15) is 0 Å². The first-order valence-corrected chi connectivity index (χ1v) is 10.00. The minimum Gasteiger partial charge on any atom is -0.299 e. The number of hydrogen-bond donors (Lipinski definition) is 0. The second-order valence-electron chi connectivity index (χ2n) is 7.29. The minimum atomic E-state index is 0.755. The fourth-order valence-electron chi connectivity index (χ4n) is 4.21. The lowest BCUT2D eigenvalue weighted by Gasteiger charge is -2.15. The predicted octanol–water partition coefficient (Wildman–Crippen LogP) is 4.78. The minimum absolute atomic E-state index is 0.755. The maximum atomic E-state index is 5.00. The SMILES string of the molecule is c1ccc(CN2CCC(Cc3nc4c(s3)Cc3ccccc3-4)C2)cc1. The van der Waals surface area contributed by atoms with Gasteiger partial charge in [-0.05, 0) is 30.0 Å². The third-order valence-corrected chi connectivity index (χ3v) is 6.53. The molecule has 3 heteroatoms. The van der Waals surface area contributed by atoms with Crippen molar-refractivity contribution >= 4 is 11.3 Å². The van der Waals surface area contributed by atoms with Crippen LogP contribution < -0.4 is 0 Å². The molecule has 0 radical (unpaired) electrons. The molecule has 1 unspecified atom stereocenters. The van der Waals surface area contributed by atoms with E-state index in [0.29, 0.717) is 0 Å². The van der Waals surface area contributed by atoms with Gasteiger partial charge in [0.05, 0.1) is 10.7 Å². The third kappa shape index (κ3) is 3.03. The van der Waals surface area contributed by atoms with E-state index in [1.54, 1.807) is 0 Å². The van der Waals surface area contributed by atoms with E-state index in [-0.39, 0.29) is 0 Å². The van der Waals surface area contributed by atoms with Crippen molar-refractivity contribution < 1.29 is 0 Å². The number of aromatic nitrogens is 1. The van der Waals surface area contributed by atoms with Crippen molar-refractivity contribution in [3.63, 3.8) is 0 Å². The lowest BCUT2D eigenvalue weighted by molar-refractivity contribution is 0.316. The van der Waals surface area contributed by atoms with Gasteiger partial charge in [-0.3, -0.25) is 4.90 Å². The molecule has 0 bridgehead atoms. The van der Waals surface area contributed by atoms with Crippen LogP contribution in [0.15, 0.2) is 54.6 Å². The second kappa shape index (κ2) is 6.40. The van der Waals surface area contributed by atoms with Crippen LogP contribution in [0.4, 0.5) is 0 Å². The Labute approximate surface area is 153 Å². The molecule has 0 N–H and O–H groups in total. The van der Waals surface area contributed by atoms with E-state index in [0.717, 1.165) is 25.3 Å². The quantitative estimate of drug-likeness (QED) is 0.529. The Hall–Kier alpha value is -1.97. The average molecular weight is 346 g/mol. The summed E-state index contributed by atoms with van der Waals surface area (Å²) in [5, 5.41) is 1.34. The van der Waals surface area contributed by atoms with Crippen molar-refractivity contribution in [3.8, 4) is 11.3 Å². The van der Waals surface area contributed by atoms with E-state index in [1.807, 2.05) is 11.3 Å². The maximum Gasteiger partial charge on any atom is 0.0938 e. The summed E-state index contributed by atoms with van der Waals surface area (Å²) in [7, 11) is 0. The standard InChI is InChI=1S/C22H22N2S/c1-2-6-16(7-3-1)14-24-11-10-17(15-24)12-21-23-22-19-9-5-4-8-18(19)13-20(22)25-21/h1-9,17H,10-15H2. The molecule has 2 heterocycles. The fourth-order valence-corrected chi connectivity index (χ4v) is 5.43. The van der Waals surface area contributed by atoms with Gasteiger partial charge < -0.3 is 0 Å². The van der Waals surface area contributed by atoms with Crippen LogP contribution in [0.25, 0.3) is 11.3 Å². The lowest BCUT2D eigenvalue weighted by atomic mass is 10.1. The predicted molar refractivity (Wildman–Crippen MR) is 104 cm³/mol. The summed E-state index contributed by atoms with van der Waals surface area (Å²) >= 11 is 1.94. The molecule has 1 aromatic heterocycles. The molecule has 1 aliphatic carbocycles. The van der Waals surface area contributed by atoms with Crippen LogP contribution in [0, 0.1) is 5.92 Å². The molecule has 1 atom stereocenters. The summed E-state index contributed by atoms with van der Waals surface area (Å²) in [5.74, 6) is 0.755. The molecule has 1 aliphatic heterocycles. The van der Waals surface area contributed by atoms with Crippen molar-refractivity contribution in [1.82, 2.24) is 9.88 Å². The molecule has 0 amide bonds. The van der Waals surface area contributed by atoms with Crippen molar-refractivity contribution in [2.24, 2.45) is 5.92 Å². The van der Waals surface area contributed by atoms with Crippen LogP contribution in [-0.2, 0) is 19.4 Å². The highest BCUT2D eigenvalue weighted by Gasteiger charge is 2.27. The van der Waals surface area contributed by atoms with Crippen LogP contribution in [-0.4, -0.2) is 23.0 Å². The zero-order valence-electron chi connectivity index (χ0n) is 14.3. The van der Waals surface area contributed by atoms with Crippen LogP contribution in [0.2, 0.25) is 0 Å². The van der Waals surface area contributed by atoms with Crippen LogP contribution in [0.1, 0.15) is 27.4 Å². The van der Waals surface area contributed by atoms with Crippen LogP contribution >= 0.6 is 11.3 Å². The van der Waals surface area contributed by atoms with E-state index in [4.69, 9.17) is 4.98 Å². The van der Waals surface area contributed by atoms with Gasteiger partial charge in [0.1, 0.15) is 0 Å². The first-order chi connectivity index (χ1) is 12.3. The maximum absolute atomic E-state index is 5.00. The summed E-state index contributed by atoms with van der Waals surface area (Å²) < 4.78 is 0. The van der Waals surface area contributed by atoms with Gasteiger partial charge in [-0.1, -0.05) is 54.6 Å². The Bertz CT molecular complexity index is 884. The monoisotopic (exact) mass is 346 g/mol. The molecule has 5 rings (SSSR count). The molecule has 25 heavy (non-hydrogen) atoms. The van der Waals surface area contributed by atoms with E-state index in [9.17, 15) is 0 Å². The molecule has 1 saturated heterocycles. The number of rotatable bonds is 4. The summed E-state index contributed by atoms with van der Waals surface area (Å²) in [6, 6.07) is 19.6. The van der Waals surface area contributed by atoms with Crippen molar-refractivity contribution in [2.75, 3.05) is 13.1 Å². The Morgan fingerprint density at radius 1 is 1.04 bits per heavy atom. The van der Waals surface area contributed by atoms with Crippen LogP contribution in [0.3, 0.4) is 0 Å². The topological polar surface area (TPSA) is 16.1 Å². The first kappa shape index (κ1) is 15.3. The van der Waals surface area contributed by atoms with E-state index in [2.05, 4.69) is 59.5 Å². The van der Waals surface area contributed by atoms with Crippen molar-refractivity contribution in [2.45, 2.75) is 25.8 Å². The first-order valence-electron chi connectivity index (χ1n) is 9.18. The van der Waals surface area contributed by atoms with E-state index in [1.165, 1.54) is 51.8 Å². The van der Waals surface area contributed by atoms with Gasteiger partial charge in [0.15, 0.2) is 0 Å². The lowest BCUT2D eigenvalue weighted by Crippen LogP contribution is -2.20. The molecule has 1 fully saturated rings. The summed E-state index contributed by atoms with van der Waals surface area (Å²) in [4.78, 5) is 9.07. The highest BCUT2D eigenvalue weighted by atomic mass is 32.1. The zero-order chi connectivity index (χ0) is 16.6. The highest BCUT2D eigenvalue weighted by Crippen LogP contribution is 2.40. The largest absolute Gasteiger partial charge is 0.299 e. The number of benzene rings is 2. The van der Waals surface area contributed by atoms with Crippen molar-refractivity contribution in [1.29, 1.82) is 0 Å². The summed E-state index contributed by atoms with van der Waals surface area (Å²) in [6.07, 6.45) is 3.52. The third-order valence-electron chi connectivity index (χ3n) is 5.45. The van der Waals surface area contributed by atoms with Gasteiger partial charge in [0.25, 0.3) is 0 Å². The van der Waals surface area contributed by atoms with Crippen LogP contribution in [0.5, 0.6) is 0 Å². The number of hydrogen-bond acceptors (Lipinski definition) is 3.